The number of nitrogens with zero attached hydrogens (tertiary/aromatic N) is 1. The lowest BCUT2D eigenvalue weighted by Gasteiger charge is -2.67. The Bertz CT molecular complexity index is 332. The lowest BCUT2D eigenvalue weighted by molar-refractivity contribution is -0.231. The zero-order chi connectivity index (χ0) is 14.1. The molecule has 2 rings (SSSR count). The van der Waals surface area contributed by atoms with Crippen molar-refractivity contribution >= 4 is 0 Å². The van der Waals surface area contributed by atoms with Crippen LogP contribution in [0.1, 0.15) is 26.7 Å². The first-order valence-corrected chi connectivity index (χ1v) is 7.32. The fourth-order valence-electron chi connectivity index (χ4n) is 3.92. The van der Waals surface area contributed by atoms with Gasteiger partial charge in [0.1, 0.15) is 0 Å². The molecule has 4 nitrogen and oxygen atoms in total. The molecule has 0 amide bonds. The van der Waals surface area contributed by atoms with Crippen LogP contribution in [0.3, 0.4) is 0 Å². The topological polar surface area (TPSA) is 58.7 Å². The predicted molar refractivity (Wildman–Crippen MR) is 76.9 cm³/mol. The number of hydrogen-bond acceptors (Lipinski definition) is 4. The van der Waals surface area contributed by atoms with Gasteiger partial charge in [-0.1, -0.05) is 19.9 Å². The van der Waals surface area contributed by atoms with Gasteiger partial charge in [-0.25, -0.2) is 0 Å². The summed E-state index contributed by atoms with van der Waals surface area (Å²) in [6, 6.07) is 0. The van der Waals surface area contributed by atoms with Gasteiger partial charge in [0.05, 0.1) is 12.7 Å². The van der Waals surface area contributed by atoms with Gasteiger partial charge in [-0.2, -0.15) is 0 Å². The summed E-state index contributed by atoms with van der Waals surface area (Å²) in [5, 5.41) is 9.17. The Balaban J connectivity index is 2.09. The molecule has 19 heavy (non-hydrogen) atoms. The van der Waals surface area contributed by atoms with Crippen LogP contribution in [0.5, 0.6) is 0 Å². The third kappa shape index (κ3) is 2.35. The molecular weight excluding hydrogens is 240 g/mol. The molecule has 0 spiro atoms. The van der Waals surface area contributed by atoms with Gasteiger partial charge in [0, 0.05) is 43.1 Å². The molecular formula is C15H28N2O2. The Kier molecular flexibility index (Phi) is 4.35. The molecule has 0 aromatic rings. The molecule has 3 N–H and O–H groups in total. The van der Waals surface area contributed by atoms with E-state index in [1.54, 1.807) is 0 Å². The Morgan fingerprint density at radius 1 is 1.53 bits per heavy atom. The van der Waals surface area contributed by atoms with Gasteiger partial charge in [-0.15, -0.1) is 6.58 Å². The SMILES string of the molecule is C=CCN(CCO)CC1(N)C2CCCOC2C1(C)C. The number of hydrogen-bond donors (Lipinski definition) is 2. The van der Waals surface area contributed by atoms with Crippen LogP contribution in [-0.4, -0.2) is 54.5 Å². The maximum absolute atomic E-state index is 9.17. The second-order valence-electron chi connectivity index (χ2n) is 6.55. The quantitative estimate of drug-likeness (QED) is 0.706. The highest BCUT2D eigenvalue weighted by molar-refractivity contribution is 5.21. The number of aliphatic hydroxyl groups excluding tert-OH is 1. The van der Waals surface area contributed by atoms with E-state index in [0.717, 1.165) is 32.5 Å². The fourth-order valence-corrected chi connectivity index (χ4v) is 3.92. The van der Waals surface area contributed by atoms with Gasteiger partial charge in [0.25, 0.3) is 0 Å². The van der Waals surface area contributed by atoms with Crippen molar-refractivity contribution in [3.05, 3.63) is 12.7 Å². The normalized spacial score (nSPS) is 36.7. The van der Waals surface area contributed by atoms with E-state index in [-0.39, 0.29) is 17.6 Å². The summed E-state index contributed by atoms with van der Waals surface area (Å²) in [5.74, 6) is 0.447. The molecule has 110 valence electrons. The number of aliphatic hydroxyl groups is 1. The molecule has 3 unspecified atom stereocenters. The second-order valence-corrected chi connectivity index (χ2v) is 6.55. The van der Waals surface area contributed by atoms with E-state index in [1.807, 2.05) is 6.08 Å². The summed E-state index contributed by atoms with van der Waals surface area (Å²) in [5.41, 5.74) is 6.53. The van der Waals surface area contributed by atoms with Gasteiger partial charge in [0.15, 0.2) is 0 Å². The van der Waals surface area contributed by atoms with Gasteiger partial charge in [-0.3, -0.25) is 4.90 Å². The summed E-state index contributed by atoms with van der Waals surface area (Å²) in [6.45, 7) is 11.5. The first kappa shape index (κ1) is 15.0. The largest absolute Gasteiger partial charge is 0.395 e. The maximum atomic E-state index is 9.17. The van der Waals surface area contributed by atoms with Crippen LogP contribution in [0.4, 0.5) is 0 Å². The molecule has 0 aromatic carbocycles. The molecule has 0 aromatic heterocycles. The van der Waals surface area contributed by atoms with Crippen LogP contribution >= 0.6 is 0 Å². The molecule has 1 aliphatic heterocycles. The van der Waals surface area contributed by atoms with Crippen molar-refractivity contribution in [2.24, 2.45) is 17.1 Å². The first-order valence-electron chi connectivity index (χ1n) is 7.32. The van der Waals surface area contributed by atoms with Crippen molar-refractivity contribution in [3.8, 4) is 0 Å². The monoisotopic (exact) mass is 268 g/mol. The van der Waals surface area contributed by atoms with E-state index < -0.39 is 0 Å². The molecule has 4 heteroatoms. The van der Waals surface area contributed by atoms with Crippen molar-refractivity contribution < 1.29 is 9.84 Å². The van der Waals surface area contributed by atoms with Gasteiger partial charge in [-0.05, 0) is 12.8 Å². The average molecular weight is 268 g/mol. The zero-order valence-electron chi connectivity index (χ0n) is 12.3. The third-order valence-corrected chi connectivity index (χ3v) is 5.18. The van der Waals surface area contributed by atoms with Gasteiger partial charge in [0.2, 0.25) is 0 Å². The van der Waals surface area contributed by atoms with Crippen LogP contribution in [0, 0.1) is 11.3 Å². The van der Waals surface area contributed by atoms with E-state index >= 15 is 0 Å². The lowest BCUT2D eigenvalue weighted by atomic mass is 9.46. The van der Waals surface area contributed by atoms with E-state index in [1.165, 1.54) is 0 Å². The van der Waals surface area contributed by atoms with Crippen molar-refractivity contribution in [2.45, 2.75) is 38.3 Å². The minimum Gasteiger partial charge on any atom is -0.395 e. The Labute approximate surface area is 116 Å². The van der Waals surface area contributed by atoms with E-state index in [2.05, 4.69) is 25.3 Å². The lowest BCUT2D eigenvalue weighted by Crippen LogP contribution is -2.80. The average Bonchev–Trinajstić information content (AvgIpc) is 2.39. The molecule has 1 aliphatic carbocycles. The standard InChI is InChI=1S/C15H28N2O2/c1-4-7-17(8-9-18)11-15(16)12-6-5-10-19-13(12)14(15,2)3/h4,12-13,18H,1,5-11,16H2,2-3H3. The summed E-state index contributed by atoms with van der Waals surface area (Å²) in [6.07, 6.45) is 4.44. The number of rotatable bonds is 6. The first-order chi connectivity index (χ1) is 8.97. The van der Waals surface area contributed by atoms with Crippen LogP contribution in [0.2, 0.25) is 0 Å². The summed E-state index contributed by atoms with van der Waals surface area (Å²) in [4.78, 5) is 2.19. The van der Waals surface area contributed by atoms with Gasteiger partial charge < -0.3 is 15.6 Å². The number of ether oxygens (including phenoxy) is 1. The smallest absolute Gasteiger partial charge is 0.0690 e. The van der Waals surface area contributed by atoms with E-state index in [9.17, 15) is 5.11 Å². The van der Waals surface area contributed by atoms with Gasteiger partial charge >= 0.3 is 0 Å². The van der Waals surface area contributed by atoms with Crippen LogP contribution in [0.25, 0.3) is 0 Å². The van der Waals surface area contributed by atoms with Crippen LogP contribution < -0.4 is 5.73 Å². The highest BCUT2D eigenvalue weighted by atomic mass is 16.5. The Hall–Kier alpha value is -0.420. The molecule has 1 heterocycles. The van der Waals surface area contributed by atoms with Crippen LogP contribution in [-0.2, 0) is 4.74 Å². The third-order valence-electron chi connectivity index (χ3n) is 5.18. The Morgan fingerprint density at radius 3 is 2.89 bits per heavy atom. The molecule has 3 atom stereocenters. The minimum absolute atomic E-state index is 0.00698. The number of fused-ring (bicyclic) bond motifs is 1. The minimum atomic E-state index is -0.226. The molecule has 1 saturated carbocycles. The number of nitrogens with two attached hydrogens (primary N) is 1. The van der Waals surface area contributed by atoms with E-state index in [4.69, 9.17) is 10.5 Å². The summed E-state index contributed by atoms with van der Waals surface area (Å²) >= 11 is 0. The molecule has 0 bridgehead atoms. The summed E-state index contributed by atoms with van der Waals surface area (Å²) < 4.78 is 5.92. The van der Waals surface area contributed by atoms with Crippen molar-refractivity contribution in [3.63, 3.8) is 0 Å². The van der Waals surface area contributed by atoms with E-state index in [0.29, 0.717) is 18.6 Å². The zero-order valence-corrected chi connectivity index (χ0v) is 12.3. The van der Waals surface area contributed by atoms with Crippen LogP contribution in [0.15, 0.2) is 12.7 Å². The molecule has 1 saturated heterocycles. The highest BCUT2D eigenvalue weighted by Gasteiger charge is 2.66. The van der Waals surface area contributed by atoms with Crippen molar-refractivity contribution in [1.29, 1.82) is 0 Å². The van der Waals surface area contributed by atoms with Crippen molar-refractivity contribution in [1.82, 2.24) is 4.90 Å². The maximum Gasteiger partial charge on any atom is 0.0690 e. The van der Waals surface area contributed by atoms with Crippen molar-refractivity contribution in [2.75, 3.05) is 32.8 Å². The second kappa shape index (κ2) is 5.52. The fraction of sp³-hybridized carbons (Fsp3) is 0.867. The molecule has 0 radical (unpaired) electrons. The highest BCUT2D eigenvalue weighted by Crippen LogP contribution is 2.57. The predicted octanol–water partition coefficient (Wildman–Crippen LogP) is 0.999. The summed E-state index contributed by atoms with van der Waals surface area (Å²) in [7, 11) is 0. The molecule has 2 fully saturated rings. The Morgan fingerprint density at radius 2 is 2.26 bits per heavy atom. The molecule has 2 aliphatic rings.